The third-order valence-corrected chi connectivity index (χ3v) is 3.32. The summed E-state index contributed by atoms with van der Waals surface area (Å²) in [6.07, 6.45) is 5.58. The van der Waals surface area contributed by atoms with Crippen LogP contribution in [0.2, 0.25) is 0 Å². The molecular weight excluding hydrogens is 275 g/mol. The minimum absolute atomic E-state index is 0.468. The van der Waals surface area contributed by atoms with Gasteiger partial charge in [0, 0.05) is 0 Å². The topological polar surface area (TPSA) is 9.23 Å². The highest BCUT2D eigenvalue weighted by molar-refractivity contribution is 14.1. The molecule has 2 heteroatoms. The molecule has 1 aromatic carbocycles. The van der Waals surface area contributed by atoms with Crippen LogP contribution in [0.4, 0.5) is 0 Å². The van der Waals surface area contributed by atoms with E-state index in [2.05, 4.69) is 34.7 Å². The van der Waals surface area contributed by atoms with Crippen LogP contribution in [0.3, 0.4) is 0 Å². The standard InChI is InChI=1S/C11H13IO/c12-10-7-3-4-8-11(10)13-9-5-1-2-6-9/h3-4,7-9H,1-2,5-6H2. The van der Waals surface area contributed by atoms with Crippen molar-refractivity contribution in [3.05, 3.63) is 27.8 Å². The number of hydrogen-bond acceptors (Lipinski definition) is 1. The number of rotatable bonds is 2. The van der Waals surface area contributed by atoms with Gasteiger partial charge in [-0.2, -0.15) is 0 Å². The van der Waals surface area contributed by atoms with Crippen LogP contribution in [0.5, 0.6) is 5.75 Å². The van der Waals surface area contributed by atoms with Crippen molar-refractivity contribution in [2.24, 2.45) is 0 Å². The lowest BCUT2D eigenvalue weighted by atomic mass is 10.3. The summed E-state index contributed by atoms with van der Waals surface area (Å²) in [4.78, 5) is 0. The Hall–Kier alpha value is -0.250. The zero-order valence-electron chi connectivity index (χ0n) is 7.50. The Kier molecular flexibility index (Phi) is 3.09. The molecule has 0 unspecified atom stereocenters. The van der Waals surface area contributed by atoms with Gasteiger partial charge < -0.3 is 4.74 Å². The maximum Gasteiger partial charge on any atom is 0.133 e. The quantitative estimate of drug-likeness (QED) is 0.755. The van der Waals surface area contributed by atoms with E-state index in [0.717, 1.165) is 5.75 Å². The third-order valence-electron chi connectivity index (χ3n) is 2.43. The molecule has 1 aromatic rings. The van der Waals surface area contributed by atoms with E-state index < -0.39 is 0 Å². The van der Waals surface area contributed by atoms with Crippen LogP contribution in [0.25, 0.3) is 0 Å². The average Bonchev–Trinajstić information content (AvgIpc) is 2.61. The molecule has 1 nitrogen and oxygen atoms in total. The molecule has 1 saturated carbocycles. The van der Waals surface area contributed by atoms with Crippen molar-refractivity contribution < 1.29 is 4.74 Å². The molecular formula is C11H13IO. The second-order valence-electron chi connectivity index (χ2n) is 3.45. The Morgan fingerprint density at radius 1 is 1.15 bits per heavy atom. The smallest absolute Gasteiger partial charge is 0.133 e. The van der Waals surface area contributed by atoms with Gasteiger partial charge in [-0.25, -0.2) is 0 Å². The van der Waals surface area contributed by atoms with Gasteiger partial charge in [-0.3, -0.25) is 0 Å². The van der Waals surface area contributed by atoms with Crippen LogP contribution in [-0.2, 0) is 0 Å². The predicted octanol–water partition coefficient (Wildman–Crippen LogP) is 3.61. The second-order valence-corrected chi connectivity index (χ2v) is 4.62. The highest BCUT2D eigenvalue weighted by Gasteiger charge is 2.16. The predicted molar refractivity (Wildman–Crippen MR) is 62.0 cm³/mol. The van der Waals surface area contributed by atoms with Crippen LogP contribution < -0.4 is 4.74 Å². The van der Waals surface area contributed by atoms with Gasteiger partial charge in [0.25, 0.3) is 0 Å². The van der Waals surface area contributed by atoms with Crippen molar-refractivity contribution in [2.75, 3.05) is 0 Å². The highest BCUT2D eigenvalue weighted by atomic mass is 127. The van der Waals surface area contributed by atoms with Crippen LogP contribution in [0, 0.1) is 3.57 Å². The molecule has 0 saturated heterocycles. The number of benzene rings is 1. The van der Waals surface area contributed by atoms with Crippen LogP contribution in [0.15, 0.2) is 24.3 Å². The molecule has 0 aliphatic heterocycles. The Labute approximate surface area is 92.6 Å². The summed E-state index contributed by atoms with van der Waals surface area (Å²) < 4.78 is 7.11. The zero-order chi connectivity index (χ0) is 9.10. The lowest BCUT2D eigenvalue weighted by Gasteiger charge is -2.13. The van der Waals surface area contributed by atoms with Gasteiger partial charge in [0.05, 0.1) is 9.67 Å². The van der Waals surface area contributed by atoms with E-state index in [0.29, 0.717) is 6.10 Å². The monoisotopic (exact) mass is 288 g/mol. The molecule has 0 N–H and O–H groups in total. The van der Waals surface area contributed by atoms with Crippen molar-refractivity contribution in [3.8, 4) is 5.75 Å². The van der Waals surface area contributed by atoms with Crippen molar-refractivity contribution >= 4 is 22.6 Å². The van der Waals surface area contributed by atoms with E-state index in [4.69, 9.17) is 4.74 Å². The van der Waals surface area contributed by atoms with Gasteiger partial charge in [-0.15, -0.1) is 0 Å². The van der Waals surface area contributed by atoms with Crippen molar-refractivity contribution in [2.45, 2.75) is 31.8 Å². The number of halogens is 1. The maximum absolute atomic E-state index is 5.90. The maximum atomic E-state index is 5.90. The minimum Gasteiger partial charge on any atom is -0.489 e. The SMILES string of the molecule is Ic1ccccc1OC1CCCC1. The molecule has 1 fully saturated rings. The Morgan fingerprint density at radius 2 is 1.85 bits per heavy atom. The van der Waals surface area contributed by atoms with E-state index in [1.807, 2.05) is 12.1 Å². The fourth-order valence-electron chi connectivity index (χ4n) is 1.73. The summed E-state index contributed by atoms with van der Waals surface area (Å²) in [7, 11) is 0. The van der Waals surface area contributed by atoms with E-state index >= 15 is 0 Å². The van der Waals surface area contributed by atoms with E-state index in [9.17, 15) is 0 Å². The molecule has 70 valence electrons. The first-order valence-corrected chi connectivity index (χ1v) is 5.85. The molecule has 1 aliphatic carbocycles. The number of para-hydroxylation sites is 1. The number of hydrogen-bond donors (Lipinski definition) is 0. The third kappa shape index (κ3) is 2.36. The largest absolute Gasteiger partial charge is 0.489 e. The summed E-state index contributed by atoms with van der Waals surface area (Å²) in [6, 6.07) is 8.22. The minimum atomic E-state index is 0.468. The fraction of sp³-hybridized carbons (Fsp3) is 0.455. The molecule has 2 rings (SSSR count). The van der Waals surface area contributed by atoms with Gasteiger partial charge >= 0.3 is 0 Å². The molecule has 13 heavy (non-hydrogen) atoms. The highest BCUT2D eigenvalue weighted by Crippen LogP contribution is 2.27. The van der Waals surface area contributed by atoms with Gasteiger partial charge in [0.1, 0.15) is 5.75 Å². The van der Waals surface area contributed by atoms with Crippen LogP contribution in [0.1, 0.15) is 25.7 Å². The lowest BCUT2D eigenvalue weighted by Crippen LogP contribution is -2.11. The van der Waals surface area contributed by atoms with Crippen LogP contribution in [-0.4, -0.2) is 6.10 Å². The Morgan fingerprint density at radius 3 is 2.54 bits per heavy atom. The van der Waals surface area contributed by atoms with Crippen molar-refractivity contribution in [1.29, 1.82) is 0 Å². The summed E-state index contributed by atoms with van der Waals surface area (Å²) in [5.74, 6) is 1.05. The van der Waals surface area contributed by atoms with E-state index in [1.165, 1.54) is 29.3 Å². The molecule has 0 heterocycles. The first-order valence-electron chi connectivity index (χ1n) is 4.77. The zero-order valence-corrected chi connectivity index (χ0v) is 9.66. The van der Waals surface area contributed by atoms with Gasteiger partial charge in [-0.05, 0) is 60.4 Å². The molecule has 0 amide bonds. The normalized spacial score (nSPS) is 17.6. The van der Waals surface area contributed by atoms with Crippen molar-refractivity contribution in [1.82, 2.24) is 0 Å². The second kappa shape index (κ2) is 4.31. The summed E-state index contributed by atoms with van der Waals surface area (Å²) >= 11 is 2.32. The first kappa shape index (κ1) is 9.31. The van der Waals surface area contributed by atoms with Crippen LogP contribution >= 0.6 is 22.6 Å². The molecule has 0 atom stereocenters. The van der Waals surface area contributed by atoms with E-state index in [-0.39, 0.29) is 0 Å². The fourth-order valence-corrected chi connectivity index (χ4v) is 2.24. The van der Waals surface area contributed by atoms with Gasteiger partial charge in [0.15, 0.2) is 0 Å². The summed E-state index contributed by atoms with van der Waals surface area (Å²) in [6.45, 7) is 0. The van der Waals surface area contributed by atoms with E-state index in [1.54, 1.807) is 0 Å². The first-order chi connectivity index (χ1) is 6.36. The molecule has 0 spiro atoms. The Bertz CT molecular complexity index is 279. The molecule has 1 aliphatic rings. The summed E-state index contributed by atoms with van der Waals surface area (Å²) in [5, 5.41) is 0. The number of ether oxygens (including phenoxy) is 1. The molecule has 0 radical (unpaired) electrons. The van der Waals surface area contributed by atoms with Gasteiger partial charge in [0.2, 0.25) is 0 Å². The van der Waals surface area contributed by atoms with Crippen molar-refractivity contribution in [3.63, 3.8) is 0 Å². The molecule has 0 bridgehead atoms. The Balaban J connectivity index is 2.04. The van der Waals surface area contributed by atoms with Gasteiger partial charge in [-0.1, -0.05) is 12.1 Å². The summed E-state index contributed by atoms with van der Waals surface area (Å²) in [5.41, 5.74) is 0. The lowest BCUT2D eigenvalue weighted by molar-refractivity contribution is 0.208. The average molecular weight is 288 g/mol. The molecule has 0 aromatic heterocycles.